The lowest BCUT2D eigenvalue weighted by molar-refractivity contribution is 0.769. The van der Waals surface area contributed by atoms with E-state index < -0.39 is 21.6 Å². The lowest BCUT2D eigenvalue weighted by Gasteiger charge is -2.34. The van der Waals surface area contributed by atoms with E-state index in [1.807, 2.05) is 0 Å². The van der Waals surface area contributed by atoms with Crippen molar-refractivity contribution < 1.29 is 0 Å². The second-order valence-electron chi connectivity index (χ2n) is 20.5. The molecule has 0 radical (unpaired) electrons. The Morgan fingerprint density at radius 1 is 0.275 bits per heavy atom. The third-order valence-electron chi connectivity index (χ3n) is 14.0. The minimum atomic E-state index is -1.50. The highest BCUT2D eigenvalue weighted by Gasteiger charge is 2.46. The lowest BCUT2D eigenvalue weighted by Crippen LogP contribution is -2.37. The monoisotopic (exact) mass is 921 g/mol. The second-order valence-corrected chi connectivity index (χ2v) is 30.6. The molecule has 1 aliphatic carbocycles. The molecule has 10 aromatic rings. The topological polar surface area (TPSA) is 38.7 Å². The first-order valence-corrected chi connectivity index (χ1v) is 31.1. The molecule has 0 aliphatic heterocycles. The Bertz CT molecular complexity index is 3300. The Morgan fingerprint density at radius 2 is 0.638 bits per heavy atom. The van der Waals surface area contributed by atoms with Crippen LogP contribution in [0.3, 0.4) is 0 Å². The molecule has 3 nitrogen and oxygen atoms in total. The summed E-state index contributed by atoms with van der Waals surface area (Å²) in [7, 11) is -2.99. The first-order valence-electron chi connectivity index (χ1n) is 24.1. The highest BCUT2D eigenvalue weighted by molar-refractivity contribution is 6.89. The van der Waals surface area contributed by atoms with Crippen molar-refractivity contribution in [2.75, 3.05) is 0 Å². The highest BCUT2D eigenvalue weighted by atomic mass is 28.3. The van der Waals surface area contributed by atoms with Crippen molar-refractivity contribution in [3.63, 3.8) is 0 Å². The van der Waals surface area contributed by atoms with E-state index in [0.717, 1.165) is 27.8 Å². The zero-order valence-corrected chi connectivity index (χ0v) is 42.2. The summed E-state index contributed by atoms with van der Waals surface area (Å²) in [6.45, 7) is 14.3. The largest absolute Gasteiger partial charge is 0.208 e. The van der Waals surface area contributed by atoms with Gasteiger partial charge in [0.2, 0.25) is 0 Å². The van der Waals surface area contributed by atoms with E-state index in [2.05, 4.69) is 264 Å². The highest BCUT2D eigenvalue weighted by Crippen LogP contribution is 2.57. The van der Waals surface area contributed by atoms with Crippen LogP contribution in [0.4, 0.5) is 0 Å². The number of aromatic nitrogens is 3. The predicted octanol–water partition coefficient (Wildman–Crippen LogP) is 15.3. The van der Waals surface area contributed by atoms with Gasteiger partial charge in [-0.05, 0) is 78.9 Å². The van der Waals surface area contributed by atoms with Gasteiger partial charge in [-0.25, -0.2) is 15.0 Å². The molecule has 0 amide bonds. The zero-order chi connectivity index (χ0) is 47.3. The fraction of sp³-hybridized carbons (Fsp3) is 0.109. The van der Waals surface area contributed by atoms with Gasteiger partial charge >= 0.3 is 0 Å². The molecule has 11 rings (SSSR count). The van der Waals surface area contributed by atoms with Crippen molar-refractivity contribution in [3.8, 4) is 78.7 Å². The van der Waals surface area contributed by atoms with E-state index in [9.17, 15) is 0 Å². The molecule has 9 aromatic carbocycles. The summed E-state index contributed by atoms with van der Waals surface area (Å²) < 4.78 is 0. The fourth-order valence-electron chi connectivity index (χ4n) is 10.2. The second kappa shape index (κ2) is 17.5. The van der Waals surface area contributed by atoms with E-state index in [0.29, 0.717) is 17.5 Å². The number of nitrogens with zero attached hydrogens (tertiary/aromatic N) is 3. The quantitative estimate of drug-likeness (QED) is 0.128. The SMILES string of the molecule is C[Si](C)(C)c1ccc(-c2nc(-c3ccc([Si](C)(C)C)cc3)nc(-c3cccc(-c4ccc5c(c4)C(c4ccc(-c6ccccc6)cc4)(c4ccc(-c6ccccc6)cc4)c4ccccc4-5)c3)n2)cc1. The molecular weight excluding hydrogens is 867 g/mol. The van der Waals surface area contributed by atoms with Gasteiger partial charge in [0.15, 0.2) is 17.5 Å². The summed E-state index contributed by atoms with van der Waals surface area (Å²) in [6, 6.07) is 82.4. The molecule has 0 saturated carbocycles. The summed E-state index contributed by atoms with van der Waals surface area (Å²) in [4.78, 5) is 15.6. The minimum absolute atomic E-state index is 0.585. The Hall–Kier alpha value is -7.58. The summed E-state index contributed by atoms with van der Waals surface area (Å²) in [5.41, 5.74) is 16.9. The van der Waals surface area contributed by atoms with E-state index in [4.69, 9.17) is 15.0 Å². The van der Waals surface area contributed by atoms with Crippen LogP contribution in [-0.2, 0) is 5.41 Å². The lowest BCUT2D eigenvalue weighted by atomic mass is 9.67. The van der Waals surface area contributed by atoms with Crippen LogP contribution in [0.5, 0.6) is 0 Å². The maximum atomic E-state index is 5.22. The van der Waals surface area contributed by atoms with Crippen LogP contribution >= 0.6 is 0 Å². The summed E-state index contributed by atoms with van der Waals surface area (Å²) in [6.07, 6.45) is 0. The average Bonchev–Trinajstić information content (AvgIpc) is 3.69. The number of hydrogen-bond donors (Lipinski definition) is 0. The van der Waals surface area contributed by atoms with Crippen molar-refractivity contribution >= 4 is 26.5 Å². The van der Waals surface area contributed by atoms with Crippen molar-refractivity contribution in [3.05, 3.63) is 247 Å². The van der Waals surface area contributed by atoms with Gasteiger partial charge in [-0.2, -0.15) is 0 Å². The third kappa shape index (κ3) is 8.22. The average molecular weight is 922 g/mol. The molecule has 0 fully saturated rings. The van der Waals surface area contributed by atoms with E-state index >= 15 is 0 Å². The van der Waals surface area contributed by atoms with Gasteiger partial charge in [0.25, 0.3) is 0 Å². The molecule has 334 valence electrons. The molecule has 0 bridgehead atoms. The van der Waals surface area contributed by atoms with Crippen LogP contribution in [0.25, 0.3) is 78.7 Å². The van der Waals surface area contributed by atoms with E-state index in [1.54, 1.807) is 0 Å². The molecule has 69 heavy (non-hydrogen) atoms. The number of benzene rings is 9. The number of rotatable bonds is 10. The zero-order valence-electron chi connectivity index (χ0n) is 40.2. The van der Waals surface area contributed by atoms with Crippen LogP contribution in [0.15, 0.2) is 224 Å². The number of hydrogen-bond acceptors (Lipinski definition) is 3. The minimum Gasteiger partial charge on any atom is -0.208 e. The van der Waals surface area contributed by atoms with Crippen molar-refractivity contribution in [2.24, 2.45) is 0 Å². The van der Waals surface area contributed by atoms with Crippen LogP contribution in [0.1, 0.15) is 22.3 Å². The normalized spacial score (nSPS) is 12.9. The molecule has 0 N–H and O–H groups in total. The third-order valence-corrected chi connectivity index (χ3v) is 18.1. The molecule has 1 aliphatic rings. The van der Waals surface area contributed by atoms with Gasteiger partial charge in [-0.3, -0.25) is 0 Å². The first-order chi connectivity index (χ1) is 33.4. The van der Waals surface area contributed by atoms with Crippen LogP contribution in [0, 0.1) is 0 Å². The molecule has 0 atom stereocenters. The summed E-state index contributed by atoms with van der Waals surface area (Å²) >= 11 is 0. The molecule has 1 heterocycles. The molecular formula is C64H55N3Si2. The summed E-state index contributed by atoms with van der Waals surface area (Å²) in [5.74, 6) is 2.00. The van der Waals surface area contributed by atoms with Crippen LogP contribution in [0.2, 0.25) is 39.3 Å². The Balaban J connectivity index is 1.06. The Labute approximate surface area is 409 Å². The van der Waals surface area contributed by atoms with Gasteiger partial charge < -0.3 is 0 Å². The van der Waals surface area contributed by atoms with Crippen molar-refractivity contribution in [1.29, 1.82) is 0 Å². The van der Waals surface area contributed by atoms with Gasteiger partial charge in [0.1, 0.15) is 0 Å². The van der Waals surface area contributed by atoms with E-state index in [-0.39, 0.29) is 0 Å². The molecule has 0 unspecified atom stereocenters. The van der Waals surface area contributed by atoms with E-state index in [1.165, 1.54) is 66.0 Å². The first kappa shape index (κ1) is 44.0. The molecule has 1 aromatic heterocycles. The van der Waals surface area contributed by atoms with Gasteiger partial charge in [-0.1, -0.05) is 262 Å². The van der Waals surface area contributed by atoms with Crippen LogP contribution in [-0.4, -0.2) is 31.1 Å². The molecule has 0 spiro atoms. The maximum Gasteiger partial charge on any atom is 0.164 e. The number of fused-ring (bicyclic) bond motifs is 3. The summed E-state index contributed by atoms with van der Waals surface area (Å²) in [5, 5.41) is 2.82. The fourth-order valence-corrected chi connectivity index (χ4v) is 12.5. The van der Waals surface area contributed by atoms with Crippen LogP contribution < -0.4 is 10.4 Å². The van der Waals surface area contributed by atoms with Gasteiger partial charge in [-0.15, -0.1) is 0 Å². The van der Waals surface area contributed by atoms with Crippen molar-refractivity contribution in [2.45, 2.75) is 44.7 Å². The standard InChI is InChI=1S/C64H55N3Si2/c1-68(2,3)55-37-28-48(29-38-55)61-65-62(49-30-39-56(40-31-49)69(4,5)6)67-63(66-61)52-21-15-20-50(42-52)51-32-41-58-57-22-13-14-23-59(57)64(60(58)43-51,53-33-24-46(25-34-53)44-16-9-7-10-17-44)54-35-26-47(27-36-54)45-18-11-8-12-19-45/h7-43H,1-6H3. The molecule has 5 heteroatoms. The Kier molecular flexibility index (Phi) is 11.1. The smallest absolute Gasteiger partial charge is 0.164 e. The van der Waals surface area contributed by atoms with Crippen molar-refractivity contribution in [1.82, 2.24) is 15.0 Å². The predicted molar refractivity (Wildman–Crippen MR) is 296 cm³/mol. The van der Waals surface area contributed by atoms with Gasteiger partial charge in [0.05, 0.1) is 21.6 Å². The molecule has 0 saturated heterocycles. The Morgan fingerprint density at radius 3 is 1.13 bits per heavy atom. The van der Waals surface area contributed by atoms with Gasteiger partial charge in [0, 0.05) is 16.7 Å². The maximum absolute atomic E-state index is 5.22.